The zero-order valence-corrected chi connectivity index (χ0v) is 14.3. The molecule has 0 aromatic heterocycles. The first kappa shape index (κ1) is 19.0. The Hall–Kier alpha value is -1.04. The van der Waals surface area contributed by atoms with Crippen molar-refractivity contribution in [2.45, 2.75) is 70.6 Å². The van der Waals surface area contributed by atoms with E-state index in [1.165, 1.54) is 37.9 Å². The van der Waals surface area contributed by atoms with Crippen molar-refractivity contribution in [2.24, 2.45) is 0 Å². The summed E-state index contributed by atoms with van der Waals surface area (Å²) in [7, 11) is 0. The molecule has 0 bridgehead atoms. The molecule has 0 saturated carbocycles. The van der Waals surface area contributed by atoms with E-state index in [2.05, 4.69) is 6.26 Å². The number of nitrogens with zero attached hydrogens (tertiary/aromatic N) is 1. The number of rotatable bonds is 12. The molecule has 1 aliphatic rings. The van der Waals surface area contributed by atoms with E-state index in [0.717, 1.165) is 19.3 Å². The van der Waals surface area contributed by atoms with Crippen LogP contribution in [0.3, 0.4) is 0 Å². The number of imide groups is 1. The van der Waals surface area contributed by atoms with E-state index in [-0.39, 0.29) is 19.3 Å². The molecular weight excluding hydrogens is 302 g/mol. The molecule has 1 saturated heterocycles. The van der Waals surface area contributed by atoms with Crippen molar-refractivity contribution in [2.75, 3.05) is 12.0 Å². The molecule has 0 aromatic rings. The van der Waals surface area contributed by atoms with E-state index in [9.17, 15) is 14.4 Å². The molecular formula is C16H27NO4S. The van der Waals surface area contributed by atoms with Gasteiger partial charge in [-0.25, -0.2) is 4.79 Å². The summed E-state index contributed by atoms with van der Waals surface area (Å²) in [4.78, 5) is 38.9. The minimum Gasteiger partial charge on any atom is -0.330 e. The molecule has 0 aliphatic carbocycles. The van der Waals surface area contributed by atoms with Crippen LogP contribution in [-0.2, 0) is 19.2 Å². The lowest BCUT2D eigenvalue weighted by Crippen LogP contribution is -2.31. The third kappa shape index (κ3) is 7.82. The molecule has 0 N–H and O–H groups in total. The molecule has 0 atom stereocenters. The number of carbonyl (C=O) groups excluding carboxylic acids is 3. The maximum Gasteiger partial charge on any atom is 0.333 e. The fourth-order valence-electron chi connectivity index (χ4n) is 2.38. The SMILES string of the molecule is CSCCCCCCCCCCC(=O)ON1C(=O)CCC1=O. The maximum atomic E-state index is 11.6. The molecule has 2 amide bonds. The van der Waals surface area contributed by atoms with Crippen LogP contribution in [0.5, 0.6) is 0 Å². The van der Waals surface area contributed by atoms with Gasteiger partial charge in [-0.3, -0.25) is 9.59 Å². The first-order valence-electron chi connectivity index (χ1n) is 8.20. The number of hydrogen-bond donors (Lipinski definition) is 0. The van der Waals surface area contributed by atoms with E-state index >= 15 is 0 Å². The Kier molecular flexibility index (Phi) is 9.95. The third-order valence-electron chi connectivity index (χ3n) is 3.68. The standard InChI is InChI=1S/C16H27NO4S/c1-22-13-9-7-5-3-2-4-6-8-10-16(20)21-17-14(18)11-12-15(17)19/h2-13H2,1H3. The Morgan fingerprint density at radius 3 is 2.00 bits per heavy atom. The number of hydroxylamine groups is 2. The van der Waals surface area contributed by atoms with Crippen LogP contribution in [0.1, 0.15) is 70.6 Å². The van der Waals surface area contributed by atoms with Crippen LogP contribution in [0.2, 0.25) is 0 Å². The number of hydrogen-bond acceptors (Lipinski definition) is 5. The van der Waals surface area contributed by atoms with Crippen LogP contribution in [0, 0.1) is 0 Å². The molecule has 0 radical (unpaired) electrons. The van der Waals surface area contributed by atoms with Gasteiger partial charge in [0.2, 0.25) is 0 Å². The monoisotopic (exact) mass is 329 g/mol. The van der Waals surface area contributed by atoms with Crippen LogP contribution in [0.15, 0.2) is 0 Å². The van der Waals surface area contributed by atoms with Crippen molar-refractivity contribution in [3.8, 4) is 0 Å². The second-order valence-corrected chi connectivity index (χ2v) is 6.60. The van der Waals surface area contributed by atoms with Crippen molar-refractivity contribution in [3.05, 3.63) is 0 Å². The molecule has 0 unspecified atom stereocenters. The Morgan fingerprint density at radius 1 is 0.955 bits per heavy atom. The molecule has 1 aliphatic heterocycles. The normalized spacial score (nSPS) is 14.7. The van der Waals surface area contributed by atoms with Crippen molar-refractivity contribution in [1.29, 1.82) is 0 Å². The molecule has 1 heterocycles. The highest BCUT2D eigenvalue weighted by atomic mass is 32.2. The third-order valence-corrected chi connectivity index (χ3v) is 4.38. The zero-order valence-electron chi connectivity index (χ0n) is 13.5. The first-order chi connectivity index (χ1) is 10.6. The highest BCUT2D eigenvalue weighted by Gasteiger charge is 2.32. The van der Waals surface area contributed by atoms with Gasteiger partial charge < -0.3 is 4.84 Å². The summed E-state index contributed by atoms with van der Waals surface area (Å²) in [5, 5.41) is 0.622. The number of carbonyl (C=O) groups is 3. The Morgan fingerprint density at radius 2 is 1.45 bits per heavy atom. The van der Waals surface area contributed by atoms with Gasteiger partial charge in [-0.05, 0) is 24.9 Å². The van der Waals surface area contributed by atoms with Crippen LogP contribution in [0.4, 0.5) is 0 Å². The lowest BCUT2D eigenvalue weighted by Gasteiger charge is -2.12. The molecule has 1 rings (SSSR count). The molecule has 22 heavy (non-hydrogen) atoms. The van der Waals surface area contributed by atoms with E-state index in [4.69, 9.17) is 4.84 Å². The van der Waals surface area contributed by atoms with E-state index in [0.29, 0.717) is 5.06 Å². The van der Waals surface area contributed by atoms with E-state index < -0.39 is 17.8 Å². The lowest BCUT2D eigenvalue weighted by atomic mass is 10.1. The minimum atomic E-state index is -0.485. The van der Waals surface area contributed by atoms with Crippen LogP contribution >= 0.6 is 11.8 Å². The average molecular weight is 329 g/mol. The second kappa shape index (κ2) is 11.5. The average Bonchev–Trinajstić information content (AvgIpc) is 2.81. The van der Waals surface area contributed by atoms with Gasteiger partial charge in [-0.1, -0.05) is 38.5 Å². The lowest BCUT2D eigenvalue weighted by molar-refractivity contribution is -0.197. The summed E-state index contributed by atoms with van der Waals surface area (Å²) in [6.45, 7) is 0. The summed E-state index contributed by atoms with van der Waals surface area (Å²) in [6.07, 6.45) is 11.9. The van der Waals surface area contributed by atoms with Crippen molar-refractivity contribution in [3.63, 3.8) is 0 Å². The highest BCUT2D eigenvalue weighted by Crippen LogP contribution is 2.14. The maximum absolute atomic E-state index is 11.6. The molecule has 126 valence electrons. The fraction of sp³-hybridized carbons (Fsp3) is 0.812. The number of thioether (sulfide) groups is 1. The van der Waals surface area contributed by atoms with Gasteiger partial charge in [-0.15, -0.1) is 5.06 Å². The summed E-state index contributed by atoms with van der Waals surface area (Å²) >= 11 is 1.90. The van der Waals surface area contributed by atoms with Gasteiger partial charge in [0, 0.05) is 19.3 Å². The first-order valence-corrected chi connectivity index (χ1v) is 9.60. The van der Waals surface area contributed by atoms with Crippen LogP contribution in [0.25, 0.3) is 0 Å². The Labute approximate surface area is 137 Å². The topological polar surface area (TPSA) is 63.7 Å². The van der Waals surface area contributed by atoms with Crippen LogP contribution < -0.4 is 0 Å². The van der Waals surface area contributed by atoms with E-state index in [1.807, 2.05) is 11.8 Å². The van der Waals surface area contributed by atoms with Crippen LogP contribution in [-0.4, -0.2) is 34.9 Å². The summed E-state index contributed by atoms with van der Waals surface area (Å²) in [5.74, 6) is -0.0651. The summed E-state index contributed by atoms with van der Waals surface area (Å²) < 4.78 is 0. The fourth-order valence-corrected chi connectivity index (χ4v) is 2.87. The predicted molar refractivity (Wildman–Crippen MR) is 87.1 cm³/mol. The van der Waals surface area contributed by atoms with Gasteiger partial charge in [-0.2, -0.15) is 11.8 Å². The number of unbranched alkanes of at least 4 members (excludes halogenated alkanes) is 7. The summed E-state index contributed by atoms with van der Waals surface area (Å²) in [5.41, 5.74) is 0. The largest absolute Gasteiger partial charge is 0.333 e. The number of amides is 2. The quantitative estimate of drug-likeness (QED) is 0.405. The molecule has 5 nitrogen and oxygen atoms in total. The van der Waals surface area contributed by atoms with E-state index in [1.54, 1.807) is 0 Å². The van der Waals surface area contributed by atoms with Gasteiger partial charge >= 0.3 is 5.97 Å². The van der Waals surface area contributed by atoms with Gasteiger partial charge in [0.15, 0.2) is 0 Å². The smallest absolute Gasteiger partial charge is 0.330 e. The molecule has 1 fully saturated rings. The Bertz CT molecular complexity index is 357. The molecule has 6 heteroatoms. The molecule has 0 aromatic carbocycles. The van der Waals surface area contributed by atoms with Gasteiger partial charge in [0.1, 0.15) is 0 Å². The summed E-state index contributed by atoms with van der Waals surface area (Å²) in [6, 6.07) is 0. The van der Waals surface area contributed by atoms with Gasteiger partial charge in [0.05, 0.1) is 0 Å². The van der Waals surface area contributed by atoms with Crippen molar-refractivity contribution < 1.29 is 19.2 Å². The highest BCUT2D eigenvalue weighted by molar-refractivity contribution is 7.98. The predicted octanol–water partition coefficient (Wildman–Crippen LogP) is 3.47. The molecule has 0 spiro atoms. The van der Waals surface area contributed by atoms with Crippen molar-refractivity contribution >= 4 is 29.5 Å². The second-order valence-electron chi connectivity index (χ2n) is 5.62. The zero-order chi connectivity index (χ0) is 16.2. The minimum absolute atomic E-state index is 0.142. The van der Waals surface area contributed by atoms with Crippen molar-refractivity contribution in [1.82, 2.24) is 5.06 Å². The Balaban J connectivity index is 1.93. The van der Waals surface area contributed by atoms with Gasteiger partial charge in [0.25, 0.3) is 11.8 Å².